The van der Waals surface area contributed by atoms with Gasteiger partial charge < -0.3 is 4.90 Å². The lowest BCUT2D eigenvalue weighted by molar-refractivity contribution is 0.135. The van der Waals surface area contributed by atoms with Crippen LogP contribution in [0.3, 0.4) is 0 Å². The van der Waals surface area contributed by atoms with E-state index in [1.807, 2.05) is 7.05 Å². The van der Waals surface area contributed by atoms with Crippen LogP contribution in [0.25, 0.3) is 0 Å². The standard InChI is InChI=1S/C11H15Br2N3O2S/c1-15-4-6-16(7-5-15)14-19(17,18)11-8-9(12)2-3-10(11)13/h2-3,8,14H,4-7H2,1H3. The van der Waals surface area contributed by atoms with E-state index in [9.17, 15) is 8.42 Å². The van der Waals surface area contributed by atoms with E-state index in [0.29, 0.717) is 17.6 Å². The number of likely N-dealkylation sites (N-methyl/N-ethyl adjacent to an activating group) is 1. The predicted octanol–water partition coefficient (Wildman–Crippen LogP) is 1.65. The van der Waals surface area contributed by atoms with Crippen LogP contribution in [0.1, 0.15) is 0 Å². The van der Waals surface area contributed by atoms with Gasteiger partial charge in [0.05, 0.1) is 4.90 Å². The first kappa shape index (κ1) is 15.4. The number of nitrogens with zero attached hydrogens (tertiary/aromatic N) is 2. The molecule has 0 bridgehead atoms. The van der Waals surface area contributed by atoms with Gasteiger partial charge in [-0.1, -0.05) is 15.9 Å². The second kappa shape index (κ2) is 6.19. The Morgan fingerprint density at radius 1 is 1.16 bits per heavy atom. The van der Waals surface area contributed by atoms with Crippen LogP contribution in [0.5, 0.6) is 0 Å². The summed E-state index contributed by atoms with van der Waals surface area (Å²) in [6.07, 6.45) is 0. The highest BCUT2D eigenvalue weighted by Crippen LogP contribution is 2.25. The summed E-state index contributed by atoms with van der Waals surface area (Å²) >= 11 is 6.56. The molecule has 5 nitrogen and oxygen atoms in total. The molecule has 1 saturated heterocycles. The largest absolute Gasteiger partial charge is 0.304 e. The lowest BCUT2D eigenvalue weighted by Gasteiger charge is -2.32. The van der Waals surface area contributed by atoms with Gasteiger partial charge in [0.1, 0.15) is 0 Å². The molecule has 1 fully saturated rings. The van der Waals surface area contributed by atoms with Crippen molar-refractivity contribution in [2.75, 3.05) is 33.2 Å². The average Bonchev–Trinajstić information content (AvgIpc) is 2.35. The summed E-state index contributed by atoms with van der Waals surface area (Å²) in [7, 11) is -1.53. The van der Waals surface area contributed by atoms with E-state index < -0.39 is 10.0 Å². The van der Waals surface area contributed by atoms with Crippen LogP contribution in [0.2, 0.25) is 0 Å². The minimum Gasteiger partial charge on any atom is -0.304 e. The fraction of sp³-hybridized carbons (Fsp3) is 0.455. The van der Waals surface area contributed by atoms with Gasteiger partial charge in [-0.15, -0.1) is 4.83 Å². The van der Waals surface area contributed by atoms with Crippen molar-refractivity contribution < 1.29 is 8.42 Å². The molecule has 1 N–H and O–H groups in total. The number of hydrazine groups is 1. The minimum atomic E-state index is -3.55. The zero-order chi connectivity index (χ0) is 14.0. The van der Waals surface area contributed by atoms with Crippen molar-refractivity contribution >= 4 is 41.9 Å². The van der Waals surface area contributed by atoms with Crippen LogP contribution in [-0.2, 0) is 10.0 Å². The highest BCUT2D eigenvalue weighted by Gasteiger charge is 2.23. The van der Waals surface area contributed by atoms with Crippen molar-refractivity contribution in [1.29, 1.82) is 0 Å². The number of sulfonamides is 1. The summed E-state index contributed by atoms with van der Waals surface area (Å²) in [5, 5.41) is 1.74. The maximum atomic E-state index is 12.3. The molecule has 1 heterocycles. The van der Waals surface area contributed by atoms with E-state index in [1.54, 1.807) is 23.2 Å². The molecule has 1 aliphatic rings. The molecule has 8 heteroatoms. The van der Waals surface area contributed by atoms with E-state index in [2.05, 4.69) is 41.6 Å². The second-order valence-corrected chi connectivity index (χ2v) is 7.86. The molecule has 1 aromatic rings. The first-order valence-electron chi connectivity index (χ1n) is 5.79. The lowest BCUT2D eigenvalue weighted by atomic mass is 10.4. The quantitative estimate of drug-likeness (QED) is 0.820. The van der Waals surface area contributed by atoms with Gasteiger partial charge in [-0.05, 0) is 41.2 Å². The molecule has 0 aromatic heterocycles. The lowest BCUT2D eigenvalue weighted by Crippen LogP contribution is -2.52. The highest BCUT2D eigenvalue weighted by molar-refractivity contribution is 9.11. The first-order chi connectivity index (χ1) is 8.88. The summed E-state index contributed by atoms with van der Waals surface area (Å²) in [4.78, 5) is 5.03. The van der Waals surface area contributed by atoms with Crippen molar-refractivity contribution in [3.05, 3.63) is 27.1 Å². The van der Waals surface area contributed by atoms with Crippen LogP contribution < -0.4 is 4.83 Å². The van der Waals surface area contributed by atoms with E-state index in [4.69, 9.17) is 0 Å². The van der Waals surface area contributed by atoms with Crippen LogP contribution in [0.15, 0.2) is 32.0 Å². The Balaban J connectivity index is 2.16. The molecule has 0 unspecified atom stereocenters. The molecule has 1 aliphatic heterocycles. The van der Waals surface area contributed by atoms with Crippen molar-refractivity contribution in [3.63, 3.8) is 0 Å². The summed E-state index contributed by atoms with van der Waals surface area (Å²) < 4.78 is 26.0. The van der Waals surface area contributed by atoms with Crippen LogP contribution >= 0.6 is 31.9 Å². The molecule has 0 amide bonds. The smallest absolute Gasteiger partial charge is 0.254 e. The fourth-order valence-electron chi connectivity index (χ4n) is 1.80. The molecule has 0 saturated carbocycles. The molecule has 0 aliphatic carbocycles. The van der Waals surface area contributed by atoms with E-state index in [0.717, 1.165) is 17.6 Å². The number of nitrogens with one attached hydrogen (secondary N) is 1. The topological polar surface area (TPSA) is 52.6 Å². The van der Waals surface area contributed by atoms with Crippen molar-refractivity contribution in [1.82, 2.24) is 14.7 Å². The van der Waals surface area contributed by atoms with Crippen LogP contribution in [0, 0.1) is 0 Å². The molecule has 0 radical (unpaired) electrons. The van der Waals surface area contributed by atoms with Gasteiger partial charge in [-0.3, -0.25) is 0 Å². The van der Waals surface area contributed by atoms with Gasteiger partial charge in [-0.2, -0.15) is 0 Å². The molecule has 0 atom stereocenters. The molecule has 1 aromatic carbocycles. The molecular formula is C11H15Br2N3O2S. The third-order valence-electron chi connectivity index (χ3n) is 2.94. The SMILES string of the molecule is CN1CCN(NS(=O)(=O)c2cc(Br)ccc2Br)CC1. The van der Waals surface area contributed by atoms with Crippen LogP contribution in [0.4, 0.5) is 0 Å². The summed E-state index contributed by atoms with van der Waals surface area (Å²) in [6.45, 7) is 3.06. The average molecular weight is 413 g/mol. The molecular weight excluding hydrogens is 398 g/mol. The zero-order valence-electron chi connectivity index (χ0n) is 10.4. The third kappa shape index (κ3) is 3.99. The Bertz CT molecular complexity index is 557. The van der Waals surface area contributed by atoms with Gasteiger partial charge in [0, 0.05) is 35.1 Å². The van der Waals surface area contributed by atoms with Gasteiger partial charge in [0.2, 0.25) is 0 Å². The normalized spacial score (nSPS) is 18.7. The Morgan fingerprint density at radius 3 is 2.42 bits per heavy atom. The Kier molecular flexibility index (Phi) is 5.02. The van der Waals surface area contributed by atoms with E-state index >= 15 is 0 Å². The second-order valence-electron chi connectivity index (χ2n) is 4.46. The first-order valence-corrected chi connectivity index (χ1v) is 8.86. The monoisotopic (exact) mass is 411 g/mol. The van der Waals surface area contributed by atoms with Gasteiger partial charge in [0.25, 0.3) is 10.0 Å². The van der Waals surface area contributed by atoms with E-state index in [-0.39, 0.29) is 4.90 Å². The number of hydrogen-bond donors (Lipinski definition) is 1. The number of hydrogen-bond acceptors (Lipinski definition) is 4. The summed E-state index contributed by atoms with van der Waals surface area (Å²) in [5.74, 6) is 0. The molecule has 19 heavy (non-hydrogen) atoms. The van der Waals surface area contributed by atoms with Crippen LogP contribution in [-0.4, -0.2) is 51.6 Å². The Hall–Kier alpha value is 0.01000. The zero-order valence-corrected chi connectivity index (χ0v) is 14.4. The summed E-state index contributed by atoms with van der Waals surface area (Å²) in [6, 6.07) is 5.09. The van der Waals surface area contributed by atoms with Gasteiger partial charge in [0.15, 0.2) is 0 Å². The van der Waals surface area contributed by atoms with Crippen molar-refractivity contribution in [3.8, 4) is 0 Å². The van der Waals surface area contributed by atoms with Crippen molar-refractivity contribution in [2.45, 2.75) is 4.90 Å². The Morgan fingerprint density at radius 2 is 1.79 bits per heavy atom. The molecule has 0 spiro atoms. The number of piperazine rings is 1. The van der Waals surface area contributed by atoms with Crippen molar-refractivity contribution in [2.24, 2.45) is 0 Å². The summed E-state index contributed by atoms with van der Waals surface area (Å²) in [5.41, 5.74) is 0. The Labute approximate surface area is 130 Å². The minimum absolute atomic E-state index is 0.237. The fourth-order valence-corrected chi connectivity index (χ4v) is 4.43. The molecule has 2 rings (SSSR count). The predicted molar refractivity (Wildman–Crippen MR) is 81.2 cm³/mol. The van der Waals surface area contributed by atoms with Gasteiger partial charge in [-0.25, -0.2) is 13.4 Å². The number of rotatable bonds is 3. The van der Waals surface area contributed by atoms with Gasteiger partial charge >= 0.3 is 0 Å². The maximum Gasteiger partial charge on any atom is 0.254 e. The van der Waals surface area contributed by atoms with E-state index in [1.165, 1.54) is 0 Å². The third-order valence-corrected chi connectivity index (χ3v) is 5.80. The number of halogens is 2. The molecule has 106 valence electrons. The number of benzene rings is 1. The maximum absolute atomic E-state index is 12.3. The highest BCUT2D eigenvalue weighted by atomic mass is 79.9.